The lowest BCUT2D eigenvalue weighted by Crippen LogP contribution is -2.33. The van der Waals surface area contributed by atoms with Crippen molar-refractivity contribution in [2.75, 3.05) is 12.3 Å². The minimum absolute atomic E-state index is 0.148. The Kier molecular flexibility index (Phi) is 4.62. The number of aryl methyl sites for hydroxylation is 1. The van der Waals surface area contributed by atoms with Gasteiger partial charge in [-0.2, -0.15) is 0 Å². The number of nitrogen functional groups attached to an aromatic ring is 1. The molecule has 114 valence electrons. The average molecular weight is 292 g/mol. The Labute approximate surface area is 122 Å². The molecule has 0 aliphatic carbocycles. The molecule has 2 heterocycles. The molecular formula is C14H20N4O3. The summed E-state index contributed by atoms with van der Waals surface area (Å²) in [7, 11) is 0. The van der Waals surface area contributed by atoms with Crippen molar-refractivity contribution >= 4 is 17.6 Å². The third-order valence-electron chi connectivity index (χ3n) is 3.47. The Morgan fingerprint density at radius 3 is 2.71 bits per heavy atom. The third-order valence-corrected chi connectivity index (χ3v) is 3.47. The zero-order valence-electron chi connectivity index (χ0n) is 12.0. The Bertz CT molecular complexity index is 596. The monoisotopic (exact) mass is 292 g/mol. The molecule has 0 aromatic carbocycles. The van der Waals surface area contributed by atoms with Crippen LogP contribution in [0.15, 0.2) is 23.1 Å². The molecule has 1 atom stereocenters. The summed E-state index contributed by atoms with van der Waals surface area (Å²) in [6.07, 6.45) is 3.56. The van der Waals surface area contributed by atoms with E-state index in [1.165, 1.54) is 15.5 Å². The van der Waals surface area contributed by atoms with Gasteiger partial charge in [0.2, 0.25) is 0 Å². The van der Waals surface area contributed by atoms with Crippen LogP contribution < -0.4 is 16.6 Å². The highest BCUT2D eigenvalue weighted by atomic mass is 16.2. The van der Waals surface area contributed by atoms with Gasteiger partial charge in [-0.05, 0) is 18.9 Å². The number of pyridine rings is 1. The van der Waals surface area contributed by atoms with E-state index in [-0.39, 0.29) is 17.5 Å². The van der Waals surface area contributed by atoms with E-state index in [0.29, 0.717) is 31.6 Å². The maximum absolute atomic E-state index is 12.0. The quantitative estimate of drug-likeness (QED) is 0.748. The number of amides is 3. The molecule has 3 N–H and O–H groups in total. The van der Waals surface area contributed by atoms with Crippen LogP contribution in [0.1, 0.15) is 26.2 Å². The highest BCUT2D eigenvalue weighted by molar-refractivity contribution is 6.04. The maximum Gasteiger partial charge on any atom is 0.324 e. The first-order chi connectivity index (χ1) is 10.0. The molecule has 3 amide bonds. The highest BCUT2D eigenvalue weighted by Gasteiger charge is 2.36. The lowest BCUT2D eigenvalue weighted by Gasteiger charge is -2.13. The predicted molar refractivity (Wildman–Crippen MR) is 78.7 cm³/mol. The van der Waals surface area contributed by atoms with Gasteiger partial charge in [-0.25, -0.2) is 4.79 Å². The molecule has 1 aromatic heterocycles. The first kappa shape index (κ1) is 15.1. The second-order valence-corrected chi connectivity index (χ2v) is 5.13. The van der Waals surface area contributed by atoms with Crippen LogP contribution in [0.5, 0.6) is 0 Å². The average Bonchev–Trinajstić information content (AvgIpc) is 2.70. The number of rotatable bonds is 6. The molecule has 0 bridgehead atoms. The van der Waals surface area contributed by atoms with E-state index in [4.69, 9.17) is 5.73 Å². The van der Waals surface area contributed by atoms with Gasteiger partial charge in [0, 0.05) is 31.0 Å². The van der Waals surface area contributed by atoms with Crippen molar-refractivity contribution in [2.24, 2.45) is 0 Å². The van der Waals surface area contributed by atoms with Crippen LogP contribution in [0.4, 0.5) is 10.5 Å². The summed E-state index contributed by atoms with van der Waals surface area (Å²) in [6.45, 7) is 2.68. The van der Waals surface area contributed by atoms with Gasteiger partial charge >= 0.3 is 6.03 Å². The molecule has 0 saturated carbocycles. The van der Waals surface area contributed by atoms with Crippen LogP contribution in [0.25, 0.3) is 0 Å². The van der Waals surface area contributed by atoms with Crippen LogP contribution in [0.2, 0.25) is 0 Å². The molecular weight excluding hydrogens is 272 g/mol. The molecule has 7 nitrogen and oxygen atoms in total. The summed E-state index contributed by atoms with van der Waals surface area (Å²) < 4.78 is 1.48. The van der Waals surface area contributed by atoms with Crippen molar-refractivity contribution in [3.63, 3.8) is 0 Å². The van der Waals surface area contributed by atoms with E-state index >= 15 is 0 Å². The molecule has 1 aliphatic rings. The van der Waals surface area contributed by atoms with Crippen molar-refractivity contribution in [1.29, 1.82) is 0 Å². The van der Waals surface area contributed by atoms with Crippen LogP contribution in [-0.2, 0) is 11.3 Å². The molecule has 1 fully saturated rings. The SMILES string of the molecule is CCCC1NC(=O)N(CCCn2cc(N)ccc2=O)C1=O. The second kappa shape index (κ2) is 6.43. The molecule has 21 heavy (non-hydrogen) atoms. The first-order valence-corrected chi connectivity index (χ1v) is 7.10. The molecule has 0 radical (unpaired) electrons. The van der Waals surface area contributed by atoms with Gasteiger partial charge in [0.1, 0.15) is 6.04 Å². The predicted octanol–water partition coefficient (Wildman–Crippen LogP) is 0.541. The lowest BCUT2D eigenvalue weighted by molar-refractivity contribution is -0.127. The van der Waals surface area contributed by atoms with Gasteiger partial charge in [-0.3, -0.25) is 14.5 Å². The molecule has 1 saturated heterocycles. The Morgan fingerprint density at radius 2 is 2.00 bits per heavy atom. The van der Waals surface area contributed by atoms with E-state index in [2.05, 4.69) is 5.32 Å². The highest BCUT2D eigenvalue weighted by Crippen LogP contribution is 2.11. The Morgan fingerprint density at radius 1 is 1.24 bits per heavy atom. The number of nitrogens with one attached hydrogen (secondary N) is 1. The fourth-order valence-electron chi connectivity index (χ4n) is 2.40. The fraction of sp³-hybridized carbons (Fsp3) is 0.500. The summed E-state index contributed by atoms with van der Waals surface area (Å²) in [4.78, 5) is 36.6. The van der Waals surface area contributed by atoms with E-state index in [1.54, 1.807) is 12.3 Å². The molecule has 1 aromatic rings. The smallest absolute Gasteiger partial charge is 0.324 e. The molecule has 1 unspecified atom stereocenters. The van der Waals surface area contributed by atoms with Crippen LogP contribution in [-0.4, -0.2) is 34.0 Å². The van der Waals surface area contributed by atoms with E-state index < -0.39 is 6.04 Å². The van der Waals surface area contributed by atoms with Crippen molar-refractivity contribution in [2.45, 2.75) is 38.8 Å². The normalized spacial score (nSPS) is 18.1. The minimum atomic E-state index is -0.405. The topological polar surface area (TPSA) is 97.4 Å². The Balaban J connectivity index is 1.91. The number of hydrogen-bond donors (Lipinski definition) is 2. The van der Waals surface area contributed by atoms with Crippen LogP contribution >= 0.6 is 0 Å². The number of nitrogens with two attached hydrogens (primary N) is 1. The summed E-state index contributed by atoms with van der Waals surface area (Å²) in [5, 5.41) is 2.67. The van der Waals surface area contributed by atoms with Gasteiger partial charge in [-0.15, -0.1) is 0 Å². The fourth-order valence-corrected chi connectivity index (χ4v) is 2.40. The van der Waals surface area contributed by atoms with Gasteiger partial charge in [-0.1, -0.05) is 13.3 Å². The second-order valence-electron chi connectivity index (χ2n) is 5.13. The summed E-state index contributed by atoms with van der Waals surface area (Å²) in [5.41, 5.74) is 5.99. The molecule has 1 aliphatic heterocycles. The number of imide groups is 1. The van der Waals surface area contributed by atoms with E-state index in [9.17, 15) is 14.4 Å². The van der Waals surface area contributed by atoms with Crippen molar-refractivity contribution in [3.05, 3.63) is 28.7 Å². The van der Waals surface area contributed by atoms with Gasteiger partial charge in [0.15, 0.2) is 0 Å². The van der Waals surface area contributed by atoms with E-state index in [0.717, 1.165) is 6.42 Å². The zero-order chi connectivity index (χ0) is 15.4. The summed E-state index contributed by atoms with van der Waals surface area (Å²) in [5.74, 6) is -0.179. The van der Waals surface area contributed by atoms with Crippen molar-refractivity contribution in [3.8, 4) is 0 Å². The van der Waals surface area contributed by atoms with Gasteiger partial charge < -0.3 is 15.6 Å². The van der Waals surface area contributed by atoms with Gasteiger partial charge in [0.25, 0.3) is 11.5 Å². The first-order valence-electron chi connectivity index (χ1n) is 7.10. The molecule has 7 heteroatoms. The van der Waals surface area contributed by atoms with Crippen molar-refractivity contribution in [1.82, 2.24) is 14.8 Å². The summed E-state index contributed by atoms with van der Waals surface area (Å²) >= 11 is 0. The number of hydrogen-bond acceptors (Lipinski definition) is 4. The standard InChI is InChI=1S/C14H20N4O3/c1-2-4-11-13(20)18(14(21)16-11)8-3-7-17-9-10(15)5-6-12(17)19/h5-6,9,11H,2-4,7-8,15H2,1H3,(H,16,21). The number of nitrogens with zero attached hydrogens (tertiary/aromatic N) is 2. The molecule has 0 spiro atoms. The largest absolute Gasteiger partial charge is 0.398 e. The van der Waals surface area contributed by atoms with Crippen LogP contribution in [0.3, 0.4) is 0 Å². The minimum Gasteiger partial charge on any atom is -0.398 e. The van der Waals surface area contributed by atoms with E-state index in [1.807, 2.05) is 6.92 Å². The zero-order valence-corrected chi connectivity index (χ0v) is 12.0. The number of urea groups is 1. The Hall–Kier alpha value is -2.31. The molecule has 2 rings (SSSR count). The lowest BCUT2D eigenvalue weighted by atomic mass is 10.1. The number of carbonyl (C=O) groups excluding carboxylic acids is 2. The summed E-state index contributed by atoms with van der Waals surface area (Å²) in [6, 6.07) is 2.20. The van der Waals surface area contributed by atoms with Crippen LogP contribution in [0, 0.1) is 0 Å². The van der Waals surface area contributed by atoms with Crippen molar-refractivity contribution < 1.29 is 9.59 Å². The number of anilines is 1. The number of carbonyl (C=O) groups is 2. The maximum atomic E-state index is 12.0. The number of aromatic nitrogens is 1. The van der Waals surface area contributed by atoms with Gasteiger partial charge in [0.05, 0.1) is 0 Å². The third kappa shape index (κ3) is 3.42.